The molecule has 2 aromatic rings. The van der Waals surface area contributed by atoms with E-state index >= 15 is 0 Å². The zero-order chi connectivity index (χ0) is 15.7. The van der Waals surface area contributed by atoms with Crippen LogP contribution in [0.3, 0.4) is 0 Å². The van der Waals surface area contributed by atoms with E-state index in [1.807, 2.05) is 6.92 Å². The molecule has 116 valence electrons. The number of anilines is 2. The lowest BCUT2D eigenvalue weighted by Crippen LogP contribution is -2.36. The first-order valence-corrected chi connectivity index (χ1v) is 7.89. The number of hydrogen-bond donors (Lipinski definition) is 2. The molecule has 1 atom stereocenters. The second-order valence-electron chi connectivity index (χ2n) is 6.26. The maximum atomic E-state index is 5.80. The van der Waals surface area contributed by atoms with Gasteiger partial charge in [0.15, 0.2) is 0 Å². The van der Waals surface area contributed by atoms with Gasteiger partial charge in [-0.3, -0.25) is 0 Å². The van der Waals surface area contributed by atoms with Crippen molar-refractivity contribution in [2.45, 2.75) is 52.0 Å². The summed E-state index contributed by atoms with van der Waals surface area (Å²) in [6, 6.07) is 6.69. The molecule has 22 heavy (non-hydrogen) atoms. The first-order chi connectivity index (χ1) is 10.5. The van der Waals surface area contributed by atoms with Gasteiger partial charge in [-0.05, 0) is 44.2 Å². The summed E-state index contributed by atoms with van der Waals surface area (Å²) in [5.41, 5.74) is 9.66. The lowest BCUT2D eigenvalue weighted by atomic mass is 9.77. The molecule has 0 spiro atoms. The Morgan fingerprint density at radius 1 is 1.27 bits per heavy atom. The van der Waals surface area contributed by atoms with Gasteiger partial charge in [-0.2, -0.15) is 15.0 Å². The summed E-state index contributed by atoms with van der Waals surface area (Å²) < 4.78 is 0. The molecular weight excluding hydrogens is 274 g/mol. The summed E-state index contributed by atoms with van der Waals surface area (Å²) in [7, 11) is 0. The molecular formula is C17H23N5. The molecule has 0 bridgehead atoms. The molecule has 0 fully saturated rings. The lowest BCUT2D eigenvalue weighted by molar-refractivity contribution is 0.441. The molecule has 0 saturated carbocycles. The maximum absolute atomic E-state index is 5.80. The van der Waals surface area contributed by atoms with Crippen LogP contribution in [-0.4, -0.2) is 15.0 Å². The Kier molecular flexibility index (Phi) is 3.72. The summed E-state index contributed by atoms with van der Waals surface area (Å²) in [5, 5.41) is 3.51. The molecule has 3 rings (SSSR count). The van der Waals surface area contributed by atoms with Crippen LogP contribution in [0.2, 0.25) is 0 Å². The Bertz CT molecular complexity index is 697. The van der Waals surface area contributed by atoms with Crippen LogP contribution in [0.4, 0.5) is 11.9 Å². The molecule has 0 aliphatic heterocycles. The fourth-order valence-corrected chi connectivity index (χ4v) is 3.22. The molecule has 0 radical (unpaired) electrons. The van der Waals surface area contributed by atoms with Gasteiger partial charge in [0.2, 0.25) is 11.9 Å². The third-order valence-corrected chi connectivity index (χ3v) is 4.39. The molecule has 5 nitrogen and oxygen atoms in total. The predicted octanol–water partition coefficient (Wildman–Crippen LogP) is 2.99. The van der Waals surface area contributed by atoms with Gasteiger partial charge in [0.1, 0.15) is 5.82 Å². The summed E-state index contributed by atoms with van der Waals surface area (Å²) in [6.07, 6.45) is 4.08. The summed E-state index contributed by atoms with van der Waals surface area (Å²) in [6.45, 7) is 6.36. The van der Waals surface area contributed by atoms with E-state index < -0.39 is 0 Å². The highest BCUT2D eigenvalue weighted by Gasteiger charge is 2.32. The van der Waals surface area contributed by atoms with Crippen LogP contribution in [0.1, 0.15) is 49.2 Å². The molecule has 1 aromatic carbocycles. The third kappa shape index (κ3) is 2.75. The Morgan fingerprint density at radius 2 is 2.09 bits per heavy atom. The van der Waals surface area contributed by atoms with E-state index in [2.05, 4.69) is 52.3 Å². The summed E-state index contributed by atoms with van der Waals surface area (Å²) >= 11 is 0. The Labute approximate surface area is 131 Å². The topological polar surface area (TPSA) is 76.7 Å². The second-order valence-corrected chi connectivity index (χ2v) is 6.26. The number of nitrogens with one attached hydrogen (secondary N) is 1. The number of nitrogens with two attached hydrogens (primary N) is 1. The number of benzene rings is 1. The zero-order valence-corrected chi connectivity index (χ0v) is 13.5. The second kappa shape index (κ2) is 5.55. The molecule has 3 N–H and O–H groups in total. The van der Waals surface area contributed by atoms with Crippen LogP contribution in [-0.2, 0) is 18.4 Å². The van der Waals surface area contributed by atoms with Crippen molar-refractivity contribution in [3.05, 3.63) is 40.7 Å². The van der Waals surface area contributed by atoms with Crippen molar-refractivity contribution in [3.8, 4) is 0 Å². The van der Waals surface area contributed by atoms with Crippen molar-refractivity contribution in [3.63, 3.8) is 0 Å². The third-order valence-electron chi connectivity index (χ3n) is 4.39. The minimum atomic E-state index is -0.168. The largest absolute Gasteiger partial charge is 0.368 e. The highest BCUT2D eigenvalue weighted by molar-refractivity contribution is 5.45. The van der Waals surface area contributed by atoms with Gasteiger partial charge < -0.3 is 11.1 Å². The number of aromatic nitrogens is 3. The van der Waals surface area contributed by atoms with Crippen molar-refractivity contribution in [2.75, 3.05) is 11.1 Å². The average molecular weight is 297 g/mol. The number of rotatable bonds is 3. The number of fused-ring (bicyclic) bond motifs is 1. The van der Waals surface area contributed by atoms with E-state index in [0.717, 1.165) is 31.5 Å². The van der Waals surface area contributed by atoms with E-state index in [1.165, 1.54) is 16.7 Å². The van der Waals surface area contributed by atoms with Crippen LogP contribution in [0.5, 0.6) is 0 Å². The van der Waals surface area contributed by atoms with Gasteiger partial charge >= 0.3 is 0 Å². The van der Waals surface area contributed by atoms with Crippen LogP contribution < -0.4 is 11.1 Å². The first-order valence-electron chi connectivity index (χ1n) is 7.89. The molecule has 5 heteroatoms. The van der Waals surface area contributed by atoms with Gasteiger partial charge in [0.25, 0.3) is 0 Å². The van der Waals surface area contributed by atoms with Crippen molar-refractivity contribution in [1.29, 1.82) is 0 Å². The molecule has 0 saturated heterocycles. The summed E-state index contributed by atoms with van der Waals surface area (Å²) in [4.78, 5) is 12.9. The van der Waals surface area contributed by atoms with Gasteiger partial charge in [0.05, 0.1) is 5.54 Å². The minimum Gasteiger partial charge on any atom is -0.368 e. The molecule has 0 amide bonds. The molecule has 1 aromatic heterocycles. The minimum absolute atomic E-state index is 0.168. The number of hydrogen-bond acceptors (Lipinski definition) is 5. The van der Waals surface area contributed by atoms with Crippen LogP contribution in [0.25, 0.3) is 0 Å². The van der Waals surface area contributed by atoms with Crippen molar-refractivity contribution in [1.82, 2.24) is 15.0 Å². The first kappa shape index (κ1) is 14.8. The Morgan fingerprint density at radius 3 is 2.86 bits per heavy atom. The SMILES string of the molecule is CCc1nc(N)nc(N[C@]2(C)CCCc3ccc(C)cc32)n1. The predicted molar refractivity (Wildman–Crippen MR) is 88.7 cm³/mol. The van der Waals surface area contributed by atoms with E-state index in [9.17, 15) is 0 Å². The molecule has 1 aliphatic rings. The zero-order valence-electron chi connectivity index (χ0n) is 13.5. The molecule has 1 aliphatic carbocycles. The average Bonchev–Trinajstić information content (AvgIpc) is 2.47. The number of nitrogen functional groups attached to an aromatic ring is 1. The maximum Gasteiger partial charge on any atom is 0.228 e. The van der Waals surface area contributed by atoms with Gasteiger partial charge in [0, 0.05) is 6.42 Å². The Hall–Kier alpha value is -2.17. The van der Waals surface area contributed by atoms with Gasteiger partial charge in [-0.1, -0.05) is 30.7 Å². The standard InChI is InChI=1S/C17H23N5/c1-4-14-19-15(18)21-16(20-14)22-17(3)9-5-6-12-8-7-11(2)10-13(12)17/h7-8,10H,4-6,9H2,1-3H3,(H3,18,19,20,21,22)/t17-/m1/s1. The van der Waals surface area contributed by atoms with E-state index in [4.69, 9.17) is 5.73 Å². The summed E-state index contributed by atoms with van der Waals surface area (Å²) in [5.74, 6) is 1.57. The van der Waals surface area contributed by atoms with Crippen LogP contribution in [0, 0.1) is 6.92 Å². The van der Waals surface area contributed by atoms with Crippen molar-refractivity contribution < 1.29 is 0 Å². The highest BCUT2D eigenvalue weighted by Crippen LogP contribution is 2.37. The smallest absolute Gasteiger partial charge is 0.228 e. The molecule has 1 heterocycles. The Balaban J connectivity index is 1.99. The van der Waals surface area contributed by atoms with E-state index in [-0.39, 0.29) is 11.5 Å². The fraction of sp³-hybridized carbons (Fsp3) is 0.471. The fourth-order valence-electron chi connectivity index (χ4n) is 3.22. The van der Waals surface area contributed by atoms with Gasteiger partial charge in [-0.25, -0.2) is 0 Å². The monoisotopic (exact) mass is 297 g/mol. The quantitative estimate of drug-likeness (QED) is 0.910. The normalized spacial score (nSPS) is 20.5. The number of aryl methyl sites for hydroxylation is 3. The van der Waals surface area contributed by atoms with E-state index in [1.54, 1.807) is 0 Å². The number of nitrogens with zero attached hydrogens (tertiary/aromatic N) is 3. The van der Waals surface area contributed by atoms with Crippen LogP contribution in [0.15, 0.2) is 18.2 Å². The van der Waals surface area contributed by atoms with Crippen molar-refractivity contribution in [2.24, 2.45) is 0 Å². The van der Waals surface area contributed by atoms with Crippen molar-refractivity contribution >= 4 is 11.9 Å². The van der Waals surface area contributed by atoms with E-state index in [0.29, 0.717) is 5.95 Å². The highest BCUT2D eigenvalue weighted by atomic mass is 15.2. The van der Waals surface area contributed by atoms with Crippen LogP contribution >= 0.6 is 0 Å². The van der Waals surface area contributed by atoms with Gasteiger partial charge in [-0.15, -0.1) is 0 Å². The molecule has 0 unspecified atom stereocenters. The lowest BCUT2D eigenvalue weighted by Gasteiger charge is -2.37.